The normalized spacial score (nSPS) is 13.2. The van der Waals surface area contributed by atoms with Crippen molar-refractivity contribution in [1.82, 2.24) is 0 Å². The summed E-state index contributed by atoms with van der Waals surface area (Å²) in [5, 5.41) is 0. The molecule has 12 heavy (non-hydrogen) atoms. The summed E-state index contributed by atoms with van der Waals surface area (Å²) in [5.41, 5.74) is 1.34. The van der Waals surface area contributed by atoms with Crippen molar-refractivity contribution in [2.75, 3.05) is 14.2 Å². The van der Waals surface area contributed by atoms with Crippen LogP contribution in [-0.2, 0) is 9.47 Å². The van der Waals surface area contributed by atoms with E-state index in [0.29, 0.717) is 5.92 Å². The molecule has 1 unspecified atom stereocenters. The van der Waals surface area contributed by atoms with E-state index in [1.807, 2.05) is 0 Å². The van der Waals surface area contributed by atoms with Crippen molar-refractivity contribution in [3.63, 3.8) is 0 Å². The van der Waals surface area contributed by atoms with Gasteiger partial charge in [0, 0.05) is 20.1 Å². The molecule has 2 heteroatoms. The van der Waals surface area contributed by atoms with Crippen LogP contribution in [0.25, 0.3) is 0 Å². The molecule has 0 saturated carbocycles. The third kappa shape index (κ3) is 4.52. The fraction of sp³-hybridized carbons (Fsp3) is 0.800. The standard InChI is InChI=1S/C10H20O2/c1-8(2)6-7-9(3)10(11-4)12-5/h6,9-10H,7H2,1-5H3. The zero-order valence-corrected chi connectivity index (χ0v) is 8.76. The summed E-state index contributed by atoms with van der Waals surface area (Å²) in [7, 11) is 3.35. The van der Waals surface area contributed by atoms with Gasteiger partial charge in [0.05, 0.1) is 0 Å². The van der Waals surface area contributed by atoms with Crippen LogP contribution in [0.3, 0.4) is 0 Å². The molecule has 2 nitrogen and oxygen atoms in total. The van der Waals surface area contributed by atoms with Gasteiger partial charge in [0.2, 0.25) is 0 Å². The molecule has 0 aromatic rings. The van der Waals surface area contributed by atoms with Crippen LogP contribution in [0, 0.1) is 5.92 Å². The van der Waals surface area contributed by atoms with Gasteiger partial charge in [-0.3, -0.25) is 0 Å². The monoisotopic (exact) mass is 172 g/mol. The molecule has 0 rings (SSSR count). The van der Waals surface area contributed by atoms with E-state index in [1.165, 1.54) is 5.57 Å². The summed E-state index contributed by atoms with van der Waals surface area (Å²) in [6, 6.07) is 0. The Morgan fingerprint density at radius 3 is 2.08 bits per heavy atom. The first-order valence-corrected chi connectivity index (χ1v) is 4.30. The second kappa shape index (κ2) is 6.21. The van der Waals surface area contributed by atoms with E-state index in [1.54, 1.807) is 14.2 Å². The molecule has 0 radical (unpaired) electrons. The summed E-state index contributed by atoms with van der Waals surface area (Å²) in [6.07, 6.45) is 3.13. The molecule has 72 valence electrons. The Morgan fingerprint density at radius 1 is 1.25 bits per heavy atom. The lowest BCUT2D eigenvalue weighted by molar-refractivity contribution is -0.132. The van der Waals surface area contributed by atoms with E-state index in [9.17, 15) is 0 Å². The van der Waals surface area contributed by atoms with Crippen LogP contribution >= 0.6 is 0 Å². The Kier molecular flexibility index (Phi) is 6.03. The fourth-order valence-electron chi connectivity index (χ4n) is 1.09. The van der Waals surface area contributed by atoms with Gasteiger partial charge in [-0.05, 0) is 20.3 Å². The molecule has 1 atom stereocenters. The summed E-state index contributed by atoms with van der Waals surface area (Å²) in [4.78, 5) is 0. The van der Waals surface area contributed by atoms with Gasteiger partial charge in [0.15, 0.2) is 6.29 Å². The van der Waals surface area contributed by atoms with Crippen LogP contribution in [0.2, 0.25) is 0 Å². The highest BCUT2D eigenvalue weighted by Gasteiger charge is 2.13. The van der Waals surface area contributed by atoms with Crippen molar-refractivity contribution in [3.8, 4) is 0 Å². The van der Waals surface area contributed by atoms with Gasteiger partial charge in [-0.25, -0.2) is 0 Å². The molecule has 0 bridgehead atoms. The molecular weight excluding hydrogens is 152 g/mol. The highest BCUT2D eigenvalue weighted by Crippen LogP contribution is 2.13. The molecule has 0 aliphatic heterocycles. The Labute approximate surface area is 75.6 Å². The first-order chi connectivity index (χ1) is 5.61. The second-order valence-corrected chi connectivity index (χ2v) is 3.33. The molecule has 0 aromatic heterocycles. The molecule has 0 fully saturated rings. The van der Waals surface area contributed by atoms with E-state index in [4.69, 9.17) is 9.47 Å². The van der Waals surface area contributed by atoms with Gasteiger partial charge in [-0.15, -0.1) is 0 Å². The predicted octanol–water partition coefficient (Wildman–Crippen LogP) is 2.60. The van der Waals surface area contributed by atoms with E-state index >= 15 is 0 Å². The van der Waals surface area contributed by atoms with Crippen LogP contribution in [0.4, 0.5) is 0 Å². The van der Waals surface area contributed by atoms with E-state index < -0.39 is 0 Å². The Balaban J connectivity index is 3.84. The minimum Gasteiger partial charge on any atom is -0.356 e. The fourth-order valence-corrected chi connectivity index (χ4v) is 1.09. The molecule has 0 aliphatic carbocycles. The summed E-state index contributed by atoms with van der Waals surface area (Å²) >= 11 is 0. The summed E-state index contributed by atoms with van der Waals surface area (Å²) in [5.74, 6) is 0.412. The van der Waals surface area contributed by atoms with Crippen LogP contribution in [0.1, 0.15) is 27.2 Å². The molecule has 0 aliphatic rings. The van der Waals surface area contributed by atoms with Crippen molar-refractivity contribution in [2.45, 2.75) is 33.5 Å². The predicted molar refractivity (Wildman–Crippen MR) is 51.0 cm³/mol. The number of rotatable bonds is 5. The van der Waals surface area contributed by atoms with Gasteiger partial charge < -0.3 is 9.47 Å². The lowest BCUT2D eigenvalue weighted by Crippen LogP contribution is -2.21. The Morgan fingerprint density at radius 2 is 1.75 bits per heavy atom. The highest BCUT2D eigenvalue weighted by atomic mass is 16.7. The molecule has 0 aromatic carbocycles. The maximum Gasteiger partial charge on any atom is 0.159 e. The largest absolute Gasteiger partial charge is 0.356 e. The summed E-state index contributed by atoms with van der Waals surface area (Å²) < 4.78 is 10.3. The van der Waals surface area contributed by atoms with Crippen molar-refractivity contribution < 1.29 is 9.47 Å². The molecule has 0 saturated heterocycles. The maximum absolute atomic E-state index is 5.14. The quantitative estimate of drug-likeness (QED) is 0.469. The van der Waals surface area contributed by atoms with Crippen LogP contribution < -0.4 is 0 Å². The summed E-state index contributed by atoms with van der Waals surface area (Å²) in [6.45, 7) is 6.32. The molecule has 0 amide bonds. The van der Waals surface area contributed by atoms with Crippen LogP contribution in [0.15, 0.2) is 11.6 Å². The van der Waals surface area contributed by atoms with Gasteiger partial charge in [0.1, 0.15) is 0 Å². The lowest BCUT2D eigenvalue weighted by atomic mass is 10.1. The number of methoxy groups -OCH3 is 2. The van der Waals surface area contributed by atoms with E-state index in [2.05, 4.69) is 26.8 Å². The van der Waals surface area contributed by atoms with Crippen molar-refractivity contribution in [3.05, 3.63) is 11.6 Å². The van der Waals surface area contributed by atoms with Gasteiger partial charge >= 0.3 is 0 Å². The number of ether oxygens (including phenoxy) is 2. The third-order valence-corrected chi connectivity index (χ3v) is 1.83. The first-order valence-electron chi connectivity index (χ1n) is 4.30. The third-order valence-electron chi connectivity index (χ3n) is 1.83. The molecule has 0 heterocycles. The molecule has 0 spiro atoms. The van der Waals surface area contributed by atoms with E-state index in [0.717, 1.165) is 6.42 Å². The minimum absolute atomic E-state index is 0.0828. The maximum atomic E-state index is 5.14. The van der Waals surface area contributed by atoms with Crippen molar-refractivity contribution in [2.24, 2.45) is 5.92 Å². The first kappa shape index (κ1) is 11.7. The molecular formula is C10H20O2. The Bertz CT molecular complexity index is 133. The Hall–Kier alpha value is -0.340. The lowest BCUT2D eigenvalue weighted by Gasteiger charge is -2.19. The highest BCUT2D eigenvalue weighted by molar-refractivity contribution is 4.93. The number of allylic oxidation sites excluding steroid dienone is 2. The second-order valence-electron chi connectivity index (χ2n) is 3.33. The molecule has 0 N–H and O–H groups in total. The average Bonchev–Trinajstić information content (AvgIpc) is 2.03. The zero-order valence-electron chi connectivity index (χ0n) is 8.76. The zero-order chi connectivity index (χ0) is 9.56. The average molecular weight is 172 g/mol. The van der Waals surface area contributed by atoms with E-state index in [-0.39, 0.29) is 6.29 Å². The minimum atomic E-state index is -0.0828. The number of hydrogen-bond donors (Lipinski definition) is 0. The van der Waals surface area contributed by atoms with Gasteiger partial charge in [0.25, 0.3) is 0 Å². The van der Waals surface area contributed by atoms with Crippen LogP contribution in [0.5, 0.6) is 0 Å². The van der Waals surface area contributed by atoms with Crippen molar-refractivity contribution in [1.29, 1.82) is 0 Å². The van der Waals surface area contributed by atoms with Gasteiger partial charge in [-0.2, -0.15) is 0 Å². The van der Waals surface area contributed by atoms with Gasteiger partial charge in [-0.1, -0.05) is 18.6 Å². The number of hydrogen-bond acceptors (Lipinski definition) is 2. The smallest absolute Gasteiger partial charge is 0.159 e. The van der Waals surface area contributed by atoms with Crippen LogP contribution in [-0.4, -0.2) is 20.5 Å². The SMILES string of the molecule is COC(OC)C(C)CC=C(C)C. The topological polar surface area (TPSA) is 18.5 Å². The van der Waals surface area contributed by atoms with Crippen molar-refractivity contribution >= 4 is 0 Å².